The molecule has 3 rings (SSSR count). The third-order valence-electron chi connectivity index (χ3n) is 4.09. The SMILES string of the molecule is CN(C)C(=O)c1cccc(C#CC(=O)N2CCN(c3nccs3)CC2)c1. The van der Waals surface area contributed by atoms with Gasteiger partial charge in [0, 0.05) is 68.9 Å². The maximum absolute atomic E-state index is 12.3. The fraction of sp³-hybridized carbons (Fsp3) is 0.316. The number of aromatic nitrogens is 1. The van der Waals surface area contributed by atoms with Gasteiger partial charge in [-0.1, -0.05) is 12.0 Å². The predicted octanol–water partition coefficient (Wildman–Crippen LogP) is 1.55. The Kier molecular flexibility index (Phi) is 5.54. The van der Waals surface area contributed by atoms with Crippen molar-refractivity contribution in [2.45, 2.75) is 0 Å². The molecule has 1 aliphatic heterocycles. The van der Waals surface area contributed by atoms with Crippen LogP contribution in [0.2, 0.25) is 0 Å². The zero-order valence-electron chi connectivity index (χ0n) is 14.8. The molecular weight excluding hydrogens is 348 g/mol. The summed E-state index contributed by atoms with van der Waals surface area (Å²) in [5.41, 5.74) is 1.22. The van der Waals surface area contributed by atoms with Crippen molar-refractivity contribution >= 4 is 28.3 Å². The fourth-order valence-electron chi connectivity index (χ4n) is 2.67. The Morgan fingerprint density at radius 3 is 2.62 bits per heavy atom. The number of nitrogens with zero attached hydrogens (tertiary/aromatic N) is 4. The summed E-state index contributed by atoms with van der Waals surface area (Å²) in [6, 6.07) is 7.03. The smallest absolute Gasteiger partial charge is 0.298 e. The maximum atomic E-state index is 12.3. The van der Waals surface area contributed by atoms with E-state index in [-0.39, 0.29) is 11.8 Å². The second kappa shape index (κ2) is 8.02. The van der Waals surface area contributed by atoms with Crippen molar-refractivity contribution in [1.29, 1.82) is 0 Å². The summed E-state index contributed by atoms with van der Waals surface area (Å²) < 4.78 is 0. The minimum Gasteiger partial charge on any atom is -0.345 e. The monoisotopic (exact) mass is 368 g/mol. The number of carbonyl (C=O) groups excluding carboxylic acids is 2. The molecule has 0 radical (unpaired) electrons. The van der Waals surface area contributed by atoms with E-state index in [4.69, 9.17) is 0 Å². The standard InChI is InChI=1S/C19H20N4O2S/c1-21(2)18(25)16-5-3-4-15(14-16)6-7-17(24)22-9-11-23(12-10-22)19-20-8-13-26-19/h3-5,8,13-14H,9-12H2,1-2H3. The van der Waals surface area contributed by atoms with Gasteiger partial charge in [-0.2, -0.15) is 0 Å². The van der Waals surface area contributed by atoms with Gasteiger partial charge in [-0.15, -0.1) is 11.3 Å². The molecule has 0 N–H and O–H groups in total. The zero-order valence-corrected chi connectivity index (χ0v) is 15.6. The van der Waals surface area contributed by atoms with E-state index in [9.17, 15) is 9.59 Å². The van der Waals surface area contributed by atoms with Crippen molar-refractivity contribution in [2.75, 3.05) is 45.2 Å². The van der Waals surface area contributed by atoms with Crippen molar-refractivity contribution in [3.05, 3.63) is 47.0 Å². The van der Waals surface area contributed by atoms with Crippen LogP contribution in [0.3, 0.4) is 0 Å². The summed E-state index contributed by atoms with van der Waals surface area (Å²) in [5.74, 6) is 5.30. The molecule has 1 fully saturated rings. The van der Waals surface area contributed by atoms with Crippen LogP contribution in [0.15, 0.2) is 35.8 Å². The summed E-state index contributed by atoms with van der Waals surface area (Å²) in [7, 11) is 3.41. The normalized spacial score (nSPS) is 13.8. The highest BCUT2D eigenvalue weighted by Gasteiger charge is 2.21. The first kappa shape index (κ1) is 18.0. The van der Waals surface area contributed by atoms with Gasteiger partial charge < -0.3 is 14.7 Å². The molecule has 6 nitrogen and oxygen atoms in total. The van der Waals surface area contributed by atoms with Crippen molar-refractivity contribution in [3.63, 3.8) is 0 Å². The van der Waals surface area contributed by atoms with Crippen LogP contribution in [0.25, 0.3) is 0 Å². The number of amides is 2. The molecule has 2 aromatic rings. The first-order valence-corrected chi connectivity index (χ1v) is 9.19. The molecule has 0 aliphatic carbocycles. The highest BCUT2D eigenvalue weighted by Crippen LogP contribution is 2.18. The first-order valence-electron chi connectivity index (χ1n) is 8.31. The molecule has 134 valence electrons. The number of rotatable bonds is 2. The third kappa shape index (κ3) is 4.21. The zero-order chi connectivity index (χ0) is 18.5. The lowest BCUT2D eigenvalue weighted by Crippen LogP contribution is -2.48. The van der Waals surface area contributed by atoms with Gasteiger partial charge in [0.1, 0.15) is 0 Å². The average Bonchev–Trinajstić information content (AvgIpc) is 3.20. The van der Waals surface area contributed by atoms with E-state index in [1.807, 2.05) is 5.38 Å². The van der Waals surface area contributed by atoms with Crippen molar-refractivity contribution in [2.24, 2.45) is 0 Å². The van der Waals surface area contributed by atoms with Gasteiger partial charge in [0.25, 0.3) is 11.8 Å². The van der Waals surface area contributed by atoms with E-state index in [2.05, 4.69) is 21.7 Å². The van der Waals surface area contributed by atoms with E-state index in [1.165, 1.54) is 4.90 Å². The summed E-state index contributed by atoms with van der Waals surface area (Å²) in [4.78, 5) is 34.1. The Balaban J connectivity index is 1.61. The number of thiazole rings is 1. The lowest BCUT2D eigenvalue weighted by atomic mass is 10.1. The second-order valence-electron chi connectivity index (χ2n) is 6.12. The fourth-order valence-corrected chi connectivity index (χ4v) is 3.36. The first-order chi connectivity index (χ1) is 12.5. The van der Waals surface area contributed by atoms with Crippen LogP contribution in [0.1, 0.15) is 15.9 Å². The highest BCUT2D eigenvalue weighted by molar-refractivity contribution is 7.13. The summed E-state index contributed by atoms with van der Waals surface area (Å²) in [5, 5.41) is 2.94. The number of anilines is 1. The molecule has 0 bridgehead atoms. The van der Waals surface area contributed by atoms with Crippen molar-refractivity contribution in [1.82, 2.24) is 14.8 Å². The second-order valence-corrected chi connectivity index (χ2v) is 7.00. The van der Waals surface area contributed by atoms with Crippen LogP contribution < -0.4 is 4.90 Å². The molecule has 2 amide bonds. The number of hydrogen-bond donors (Lipinski definition) is 0. The van der Waals surface area contributed by atoms with E-state index in [0.717, 1.165) is 18.2 Å². The van der Waals surface area contributed by atoms with E-state index < -0.39 is 0 Å². The quantitative estimate of drug-likeness (QED) is 0.755. The number of piperazine rings is 1. The van der Waals surface area contributed by atoms with Gasteiger partial charge in [-0.25, -0.2) is 4.98 Å². The van der Waals surface area contributed by atoms with Crippen LogP contribution in [0, 0.1) is 11.8 Å². The van der Waals surface area contributed by atoms with Gasteiger partial charge in [-0.3, -0.25) is 9.59 Å². The van der Waals surface area contributed by atoms with Gasteiger partial charge in [0.2, 0.25) is 0 Å². The molecule has 0 saturated carbocycles. The Morgan fingerprint density at radius 1 is 1.19 bits per heavy atom. The Labute approximate surface area is 157 Å². The maximum Gasteiger partial charge on any atom is 0.298 e. The Morgan fingerprint density at radius 2 is 1.96 bits per heavy atom. The number of benzene rings is 1. The lowest BCUT2D eigenvalue weighted by Gasteiger charge is -2.33. The van der Waals surface area contributed by atoms with Gasteiger partial charge in [0.15, 0.2) is 5.13 Å². The Bertz CT molecular complexity index is 844. The predicted molar refractivity (Wildman–Crippen MR) is 102 cm³/mol. The number of hydrogen-bond acceptors (Lipinski definition) is 5. The van der Waals surface area contributed by atoms with Gasteiger partial charge in [-0.05, 0) is 18.2 Å². The van der Waals surface area contributed by atoms with Crippen LogP contribution >= 0.6 is 11.3 Å². The molecule has 26 heavy (non-hydrogen) atoms. The molecule has 1 aliphatic rings. The molecule has 0 atom stereocenters. The van der Waals surface area contributed by atoms with Crippen molar-refractivity contribution in [3.8, 4) is 11.8 Å². The molecule has 0 unspecified atom stereocenters. The topological polar surface area (TPSA) is 56.8 Å². The largest absolute Gasteiger partial charge is 0.345 e. The number of carbonyl (C=O) groups is 2. The molecule has 1 aromatic heterocycles. The summed E-state index contributed by atoms with van der Waals surface area (Å²) in [6.07, 6.45) is 1.79. The molecular formula is C19H20N4O2S. The van der Waals surface area contributed by atoms with E-state index in [0.29, 0.717) is 24.2 Å². The van der Waals surface area contributed by atoms with E-state index >= 15 is 0 Å². The van der Waals surface area contributed by atoms with Gasteiger partial charge >= 0.3 is 0 Å². The Hall–Kier alpha value is -2.85. The van der Waals surface area contributed by atoms with E-state index in [1.54, 1.807) is 60.8 Å². The molecule has 1 saturated heterocycles. The summed E-state index contributed by atoms with van der Waals surface area (Å²) in [6.45, 7) is 2.78. The van der Waals surface area contributed by atoms with Crippen LogP contribution in [-0.4, -0.2) is 66.9 Å². The van der Waals surface area contributed by atoms with Gasteiger partial charge in [0.05, 0.1) is 0 Å². The molecule has 1 aromatic carbocycles. The lowest BCUT2D eigenvalue weighted by molar-refractivity contribution is -0.125. The minimum absolute atomic E-state index is 0.0849. The highest BCUT2D eigenvalue weighted by atomic mass is 32.1. The molecule has 0 spiro atoms. The van der Waals surface area contributed by atoms with Crippen LogP contribution in [0.5, 0.6) is 0 Å². The third-order valence-corrected chi connectivity index (χ3v) is 4.92. The molecule has 7 heteroatoms. The van der Waals surface area contributed by atoms with Crippen LogP contribution in [-0.2, 0) is 4.79 Å². The molecule has 2 heterocycles. The summed E-state index contributed by atoms with van der Waals surface area (Å²) >= 11 is 1.60. The average molecular weight is 368 g/mol. The minimum atomic E-state index is -0.187. The van der Waals surface area contributed by atoms with Crippen LogP contribution in [0.4, 0.5) is 5.13 Å². The van der Waals surface area contributed by atoms with Crippen molar-refractivity contribution < 1.29 is 9.59 Å².